The van der Waals surface area contributed by atoms with Crippen molar-refractivity contribution in [1.29, 1.82) is 0 Å². The van der Waals surface area contributed by atoms with Crippen molar-refractivity contribution < 1.29 is 103 Å². The number of Topliss-reactive ketones (excluding diaryl/α,β-unsaturated/α-hetero) is 2. The van der Waals surface area contributed by atoms with Gasteiger partial charge in [-0.1, -0.05) is 18.2 Å². The van der Waals surface area contributed by atoms with Gasteiger partial charge in [-0.15, -0.1) is 0 Å². The van der Waals surface area contributed by atoms with E-state index in [9.17, 15) is 97.9 Å². The fraction of sp³-hybridized carbons (Fsp3) is 0.559. The van der Waals surface area contributed by atoms with Crippen LogP contribution in [0.4, 0.5) is 0 Å². The van der Waals surface area contributed by atoms with Gasteiger partial charge in [0.05, 0.1) is 49.4 Å². The van der Waals surface area contributed by atoms with Crippen molar-refractivity contribution in [3.05, 3.63) is 87.7 Å². The van der Waals surface area contributed by atoms with Gasteiger partial charge in [-0.25, -0.2) is 8.42 Å². The van der Waals surface area contributed by atoms with E-state index < -0.39 is 158 Å². The molecule has 2 aromatic carbocycles. The number of fused-ring (bicyclic) bond motifs is 1. The normalized spacial score (nSPS) is 16.0. The minimum absolute atomic E-state index is 0.00289. The molecule has 0 radical (unpaired) electrons. The average molecular weight is 1370 g/mol. The number of carboxylic acid groups (broad SMARTS) is 4. The summed E-state index contributed by atoms with van der Waals surface area (Å²) in [6.07, 6.45) is 4.20. The van der Waals surface area contributed by atoms with Crippen LogP contribution in [-0.2, 0) is 94.3 Å². The maximum atomic E-state index is 13.6. The number of rotatable bonds is 36. The molecule has 1 unspecified atom stereocenters. The molecule has 1 fully saturated rings. The summed E-state index contributed by atoms with van der Waals surface area (Å²) in [4.78, 5) is 124. The first-order valence-corrected chi connectivity index (χ1v) is 34.8. The van der Waals surface area contributed by atoms with Crippen molar-refractivity contribution in [2.75, 3.05) is 110 Å². The number of hydrogen-bond acceptors (Lipinski definition) is 21. The van der Waals surface area contributed by atoms with Gasteiger partial charge < -0.3 is 41.1 Å². The number of aryl methyl sites for hydroxylation is 6. The average Bonchev–Trinajstić information content (AvgIpc) is 0.829. The molecule has 5 rings (SSSR count). The van der Waals surface area contributed by atoms with E-state index in [4.69, 9.17) is 9.72 Å². The molecular weight excluding hydrogens is 1280 g/mol. The largest absolute Gasteiger partial charge is 0.494 e. The van der Waals surface area contributed by atoms with Crippen LogP contribution in [0.25, 0.3) is 0 Å². The van der Waals surface area contributed by atoms with Crippen LogP contribution in [0.5, 0.6) is 5.75 Å². The number of aliphatic carboxylic acids is 4. The maximum Gasteiger partial charge on any atom is 0.323 e. The highest BCUT2D eigenvalue weighted by Gasteiger charge is 2.34. The Balaban J connectivity index is 1.08. The SMILES string of the molecule is Cc1cc(OCCCC(=O)NCCCC(=O)[C@H](CS(=O)(=O)O)NC(=O)[C@@H](CC(=O)CN2CCN(CC(=O)O)CCN(CC(=O)O)CCN(CC(=O)O)CC2)CS(=O)(=O)O)cc(C)c1S(=O)(=O)NC(CNC(=O)c1ccc(CCc2ccc3c(n2)CCCC3)cc1)C(=O)O. The van der Waals surface area contributed by atoms with Gasteiger partial charge in [0.15, 0.2) is 5.78 Å². The molecular formula is C59H83N9O22S3. The molecule has 0 bridgehead atoms. The van der Waals surface area contributed by atoms with Crippen LogP contribution in [0.15, 0.2) is 53.4 Å². The van der Waals surface area contributed by atoms with Crippen molar-refractivity contribution in [2.45, 2.75) is 101 Å². The van der Waals surface area contributed by atoms with Gasteiger partial charge in [-0.3, -0.25) is 76.8 Å². The Morgan fingerprint density at radius 1 is 0.624 bits per heavy atom. The maximum absolute atomic E-state index is 13.6. The highest BCUT2D eigenvalue weighted by Crippen LogP contribution is 2.27. The Hall–Kier alpha value is -7.41. The number of amides is 3. The number of nitrogens with one attached hydrogen (secondary N) is 4. The number of pyridine rings is 1. The minimum atomic E-state index is -5.04. The summed E-state index contributed by atoms with van der Waals surface area (Å²) < 4.78 is 103. The third-order valence-electron chi connectivity index (χ3n) is 15.4. The standard InChI is InChI=1S/C59H83N9O22S3/c1-39-29-47(30-40(2)56(39)93(88,89)64-49(59(80)81)32-61-57(78)43-14-11-41(12-15-43)13-17-45-18-16-42-7-3-4-8-48(42)62-45)90-28-6-10-52(71)60-19-5-9-51(70)50(38-92(85,86)87)63-58(79)44(37-91(82,83)84)31-46(69)33-65-20-22-66(34-53(72)73)24-26-68(36-55(76)77)27-25-67(23-21-65)35-54(74)75/h11-12,14-16,18,29-30,44,49-50,64H,3-10,13,17,19-28,31-38H2,1-2H3,(H,60,71)(H,61,78)(H,63,79)(H,72,73)(H,74,75)(H,76,77)(H,80,81)(H,82,83,84)(H,85,86,87)/t44-,49?,50-/m0/s1. The van der Waals surface area contributed by atoms with E-state index in [2.05, 4.69) is 26.7 Å². The number of carbonyl (C=O) groups excluding carboxylic acids is 5. The van der Waals surface area contributed by atoms with E-state index in [1.807, 2.05) is 6.07 Å². The van der Waals surface area contributed by atoms with E-state index in [0.717, 1.165) is 36.2 Å². The topological polar surface area (TPSA) is 461 Å². The van der Waals surface area contributed by atoms with Crippen molar-refractivity contribution in [3.8, 4) is 5.75 Å². The van der Waals surface area contributed by atoms with Crippen molar-refractivity contribution >= 4 is 83.4 Å². The van der Waals surface area contributed by atoms with Crippen molar-refractivity contribution in [3.63, 3.8) is 0 Å². The van der Waals surface area contributed by atoms with Gasteiger partial charge in [0.25, 0.3) is 26.1 Å². The predicted molar refractivity (Wildman–Crippen MR) is 333 cm³/mol. The number of hydrogen-bond donors (Lipinski definition) is 10. The number of carbonyl (C=O) groups is 9. The second-order valence-corrected chi connectivity index (χ2v) is 27.7. The molecule has 1 aliphatic carbocycles. The van der Waals surface area contributed by atoms with Crippen LogP contribution in [-0.4, -0.2) is 254 Å². The van der Waals surface area contributed by atoms with Gasteiger partial charge >= 0.3 is 23.9 Å². The summed E-state index contributed by atoms with van der Waals surface area (Å²) >= 11 is 0. The van der Waals surface area contributed by atoms with Crippen LogP contribution < -0.4 is 25.4 Å². The molecule has 0 saturated carbocycles. The zero-order valence-electron chi connectivity index (χ0n) is 51.8. The smallest absolute Gasteiger partial charge is 0.323 e. The highest BCUT2D eigenvalue weighted by molar-refractivity contribution is 7.89. The summed E-state index contributed by atoms with van der Waals surface area (Å²) in [7, 11) is -14.5. The number of sulfonamides is 1. The third kappa shape index (κ3) is 28.0. The first kappa shape index (κ1) is 76.3. The Labute approximate surface area is 539 Å². The van der Waals surface area contributed by atoms with Crippen LogP contribution in [0.1, 0.15) is 88.9 Å². The van der Waals surface area contributed by atoms with Gasteiger partial charge in [0.2, 0.25) is 21.8 Å². The minimum Gasteiger partial charge on any atom is -0.494 e. The number of ketones is 2. The lowest BCUT2D eigenvalue weighted by molar-refractivity contribution is -0.140. The number of benzene rings is 2. The molecule has 2 aliphatic rings. The summed E-state index contributed by atoms with van der Waals surface area (Å²) in [5.41, 5.74) is 5.05. The first-order chi connectivity index (χ1) is 43.7. The molecule has 0 spiro atoms. The van der Waals surface area contributed by atoms with Gasteiger partial charge in [-0.2, -0.15) is 21.6 Å². The van der Waals surface area contributed by atoms with Gasteiger partial charge in [0.1, 0.15) is 29.4 Å². The highest BCUT2D eigenvalue weighted by atomic mass is 32.2. The number of aromatic nitrogens is 1. The molecule has 3 atom stereocenters. The van der Waals surface area contributed by atoms with E-state index in [-0.39, 0.29) is 112 Å². The summed E-state index contributed by atoms with van der Waals surface area (Å²) in [5, 5.41) is 45.6. The Kier molecular flexibility index (Phi) is 29.8. The molecule has 2 heterocycles. The molecule has 31 nitrogen and oxygen atoms in total. The molecule has 3 aromatic rings. The summed E-state index contributed by atoms with van der Waals surface area (Å²) in [6, 6.07) is 10.0. The van der Waals surface area contributed by atoms with Crippen LogP contribution in [0, 0.1) is 19.8 Å². The van der Waals surface area contributed by atoms with Crippen molar-refractivity contribution in [1.82, 2.24) is 45.3 Å². The van der Waals surface area contributed by atoms with Crippen LogP contribution in [0.2, 0.25) is 0 Å². The fourth-order valence-corrected chi connectivity index (χ4v) is 13.9. The molecule has 93 heavy (non-hydrogen) atoms. The monoisotopic (exact) mass is 1370 g/mol. The number of ether oxygens (including phenoxy) is 1. The second kappa shape index (κ2) is 36.3. The molecule has 514 valence electrons. The summed E-state index contributed by atoms with van der Waals surface area (Å²) in [6.45, 7) is 0.557. The predicted octanol–water partition coefficient (Wildman–Crippen LogP) is -0.540. The molecule has 3 amide bonds. The lowest BCUT2D eigenvalue weighted by Crippen LogP contribution is -2.50. The van der Waals surface area contributed by atoms with E-state index in [1.165, 1.54) is 57.6 Å². The first-order valence-electron chi connectivity index (χ1n) is 30.1. The van der Waals surface area contributed by atoms with Crippen molar-refractivity contribution in [2.24, 2.45) is 5.92 Å². The lowest BCUT2D eigenvalue weighted by Gasteiger charge is -2.33. The third-order valence-corrected chi connectivity index (χ3v) is 18.7. The Bertz CT molecular complexity index is 3450. The van der Waals surface area contributed by atoms with Gasteiger partial charge in [-0.05, 0) is 118 Å². The fourth-order valence-electron chi connectivity index (χ4n) is 10.7. The van der Waals surface area contributed by atoms with Crippen LogP contribution >= 0.6 is 0 Å². The molecule has 1 saturated heterocycles. The number of nitrogens with zero attached hydrogens (tertiary/aromatic N) is 5. The number of carboxylic acids is 4. The zero-order valence-corrected chi connectivity index (χ0v) is 54.3. The molecule has 10 N–H and O–H groups in total. The molecule has 1 aromatic heterocycles. The Morgan fingerprint density at radius 2 is 1.16 bits per heavy atom. The lowest BCUT2D eigenvalue weighted by atomic mass is 9.95. The van der Waals surface area contributed by atoms with Crippen LogP contribution in [0.3, 0.4) is 0 Å². The van der Waals surface area contributed by atoms with Gasteiger partial charge in [0, 0.05) is 102 Å². The van der Waals surface area contributed by atoms with E-state index in [0.29, 0.717) is 12.8 Å². The second-order valence-electron chi connectivity index (χ2n) is 23.1. The molecule has 1 aliphatic heterocycles. The van der Waals surface area contributed by atoms with E-state index >= 15 is 0 Å². The Morgan fingerprint density at radius 3 is 1.69 bits per heavy atom. The summed E-state index contributed by atoms with van der Waals surface area (Å²) in [5.74, 6) is -13.9. The molecule has 34 heteroatoms. The zero-order chi connectivity index (χ0) is 68.6. The quantitative estimate of drug-likeness (QED) is 0.0258. The van der Waals surface area contributed by atoms with E-state index in [1.54, 1.807) is 24.3 Å².